The van der Waals surface area contributed by atoms with E-state index in [9.17, 15) is 18.0 Å². The van der Waals surface area contributed by atoms with E-state index >= 15 is 0 Å². The third-order valence-corrected chi connectivity index (χ3v) is 5.99. The number of piperazine rings is 1. The van der Waals surface area contributed by atoms with Gasteiger partial charge >= 0.3 is 0 Å². The number of hydrogen-bond acceptors (Lipinski definition) is 5. The topological polar surface area (TPSA) is 96.0 Å². The average molecular weight is 383 g/mol. The summed E-state index contributed by atoms with van der Waals surface area (Å²) in [7, 11) is -3.59. The molecule has 0 atom stereocenters. The van der Waals surface area contributed by atoms with Crippen LogP contribution in [0.4, 0.5) is 0 Å². The monoisotopic (exact) mass is 383 g/mol. The number of nitrogens with one attached hydrogen (secondary N) is 1. The predicted octanol–water partition coefficient (Wildman–Crippen LogP) is 0.444. The molecule has 26 heavy (non-hydrogen) atoms. The van der Waals surface area contributed by atoms with Crippen molar-refractivity contribution in [3.8, 4) is 5.75 Å². The number of carbonyl (C=O) groups excluding carboxylic acids is 2. The molecule has 1 saturated heterocycles. The van der Waals surface area contributed by atoms with Crippen molar-refractivity contribution in [2.75, 3.05) is 39.3 Å². The van der Waals surface area contributed by atoms with E-state index in [0.29, 0.717) is 32.0 Å². The molecule has 1 fully saturated rings. The summed E-state index contributed by atoms with van der Waals surface area (Å²) in [6.07, 6.45) is 0.214. The first-order valence-corrected chi connectivity index (χ1v) is 10.0. The van der Waals surface area contributed by atoms with E-state index in [2.05, 4.69) is 5.32 Å². The van der Waals surface area contributed by atoms with Gasteiger partial charge in [-0.05, 0) is 31.2 Å². The van der Waals surface area contributed by atoms with Crippen LogP contribution in [-0.4, -0.2) is 68.8 Å². The van der Waals surface area contributed by atoms with Crippen LogP contribution in [0.15, 0.2) is 29.2 Å². The van der Waals surface area contributed by atoms with Crippen molar-refractivity contribution in [2.45, 2.75) is 25.2 Å². The van der Waals surface area contributed by atoms with Crippen LogP contribution in [-0.2, 0) is 19.6 Å². The van der Waals surface area contributed by atoms with Crippen molar-refractivity contribution < 1.29 is 22.7 Å². The van der Waals surface area contributed by atoms with Gasteiger partial charge < -0.3 is 15.0 Å². The summed E-state index contributed by atoms with van der Waals surface area (Å²) in [6.45, 7) is 5.26. The number of ether oxygens (including phenoxy) is 1. The number of amides is 2. The zero-order valence-electron chi connectivity index (χ0n) is 15.1. The van der Waals surface area contributed by atoms with Gasteiger partial charge in [0.2, 0.25) is 21.8 Å². The summed E-state index contributed by atoms with van der Waals surface area (Å²) in [6, 6.07) is 6.34. The first-order valence-electron chi connectivity index (χ1n) is 8.60. The van der Waals surface area contributed by atoms with Gasteiger partial charge in [0.25, 0.3) is 0 Å². The van der Waals surface area contributed by atoms with Crippen LogP contribution in [0.3, 0.4) is 0 Å². The fourth-order valence-corrected chi connectivity index (χ4v) is 4.13. The van der Waals surface area contributed by atoms with Gasteiger partial charge in [-0.15, -0.1) is 0 Å². The lowest BCUT2D eigenvalue weighted by atomic mass is 10.3. The van der Waals surface area contributed by atoms with Crippen molar-refractivity contribution >= 4 is 21.8 Å². The first-order chi connectivity index (χ1) is 12.3. The Morgan fingerprint density at radius 1 is 1.12 bits per heavy atom. The van der Waals surface area contributed by atoms with E-state index in [1.165, 1.54) is 23.4 Å². The maximum Gasteiger partial charge on any atom is 0.243 e. The Kier molecular flexibility index (Phi) is 6.98. The number of sulfonamides is 1. The second-order valence-corrected chi connectivity index (χ2v) is 7.86. The number of hydrogen-bond donors (Lipinski definition) is 1. The van der Waals surface area contributed by atoms with E-state index < -0.39 is 10.0 Å². The highest BCUT2D eigenvalue weighted by Crippen LogP contribution is 2.21. The first kappa shape index (κ1) is 20.2. The minimum atomic E-state index is -3.59. The normalized spacial score (nSPS) is 15.5. The van der Waals surface area contributed by atoms with Gasteiger partial charge in [-0.1, -0.05) is 0 Å². The highest BCUT2D eigenvalue weighted by molar-refractivity contribution is 7.89. The predicted molar refractivity (Wildman–Crippen MR) is 96.3 cm³/mol. The summed E-state index contributed by atoms with van der Waals surface area (Å²) >= 11 is 0. The van der Waals surface area contributed by atoms with Gasteiger partial charge in [-0.3, -0.25) is 9.59 Å². The molecule has 1 aliphatic heterocycles. The lowest BCUT2D eigenvalue weighted by molar-refractivity contribution is -0.132. The van der Waals surface area contributed by atoms with Crippen LogP contribution in [0.1, 0.15) is 20.3 Å². The smallest absolute Gasteiger partial charge is 0.243 e. The second kappa shape index (κ2) is 9.00. The van der Waals surface area contributed by atoms with Crippen LogP contribution >= 0.6 is 0 Å². The van der Waals surface area contributed by atoms with Gasteiger partial charge in [0.05, 0.1) is 11.5 Å². The molecule has 2 rings (SSSR count). The highest BCUT2D eigenvalue weighted by Gasteiger charge is 2.29. The van der Waals surface area contributed by atoms with Gasteiger partial charge in [0.1, 0.15) is 5.75 Å². The molecule has 0 spiro atoms. The van der Waals surface area contributed by atoms with Gasteiger partial charge in [-0.25, -0.2) is 8.42 Å². The molecule has 0 saturated carbocycles. The molecule has 1 N–H and O–H groups in total. The summed E-state index contributed by atoms with van der Waals surface area (Å²) in [5.41, 5.74) is 0. The molecule has 0 unspecified atom stereocenters. The Labute approximate surface area is 154 Å². The number of carbonyl (C=O) groups is 2. The van der Waals surface area contributed by atoms with Crippen molar-refractivity contribution in [3.05, 3.63) is 24.3 Å². The molecule has 2 amide bonds. The van der Waals surface area contributed by atoms with Crippen LogP contribution < -0.4 is 10.1 Å². The second-order valence-electron chi connectivity index (χ2n) is 5.92. The number of nitrogens with zero attached hydrogens (tertiary/aromatic N) is 2. The summed E-state index contributed by atoms with van der Waals surface area (Å²) < 4.78 is 32.1. The zero-order valence-corrected chi connectivity index (χ0v) is 15.9. The standard InChI is InChI=1S/C17H25N3O5S/c1-3-25-15-4-6-16(7-5-15)26(23,24)20-12-10-19(11-13-20)17(22)8-9-18-14(2)21/h4-7H,3,8-13H2,1-2H3,(H,18,21). The van der Waals surface area contributed by atoms with Crippen molar-refractivity contribution in [1.82, 2.24) is 14.5 Å². The Hall–Kier alpha value is -2.13. The van der Waals surface area contributed by atoms with Crippen LogP contribution in [0.25, 0.3) is 0 Å². The molecule has 9 heteroatoms. The number of benzene rings is 1. The van der Waals surface area contributed by atoms with Gasteiger partial charge in [0, 0.05) is 46.1 Å². The van der Waals surface area contributed by atoms with E-state index in [1.54, 1.807) is 17.0 Å². The Morgan fingerprint density at radius 2 is 1.73 bits per heavy atom. The molecule has 1 aliphatic rings. The van der Waals surface area contributed by atoms with Crippen LogP contribution in [0.5, 0.6) is 5.75 Å². The summed E-state index contributed by atoms with van der Waals surface area (Å²) in [5.74, 6) is 0.363. The minimum absolute atomic E-state index is 0.0862. The zero-order chi connectivity index (χ0) is 19.2. The molecule has 8 nitrogen and oxygen atoms in total. The maximum atomic E-state index is 12.7. The number of rotatable bonds is 7. The molecule has 0 bridgehead atoms. The molecule has 0 aliphatic carbocycles. The third-order valence-electron chi connectivity index (χ3n) is 4.08. The molecule has 144 valence electrons. The van der Waals surface area contributed by atoms with E-state index in [1.807, 2.05) is 6.92 Å². The van der Waals surface area contributed by atoms with E-state index in [-0.39, 0.29) is 36.2 Å². The SMILES string of the molecule is CCOc1ccc(S(=O)(=O)N2CCN(C(=O)CCNC(C)=O)CC2)cc1. The molecule has 1 aromatic rings. The fraction of sp³-hybridized carbons (Fsp3) is 0.529. The third kappa shape index (κ3) is 5.18. The highest BCUT2D eigenvalue weighted by atomic mass is 32.2. The Bertz CT molecular complexity index is 725. The molecule has 1 aromatic carbocycles. The quantitative estimate of drug-likeness (QED) is 0.737. The van der Waals surface area contributed by atoms with Crippen LogP contribution in [0.2, 0.25) is 0 Å². The maximum absolute atomic E-state index is 12.7. The molecule has 0 radical (unpaired) electrons. The lowest BCUT2D eigenvalue weighted by Gasteiger charge is -2.34. The molecule has 0 aromatic heterocycles. The van der Waals surface area contributed by atoms with Crippen LogP contribution in [0, 0.1) is 0 Å². The van der Waals surface area contributed by atoms with Crippen molar-refractivity contribution in [3.63, 3.8) is 0 Å². The van der Waals surface area contributed by atoms with Gasteiger partial charge in [0.15, 0.2) is 0 Å². The molecule has 1 heterocycles. The average Bonchev–Trinajstić information content (AvgIpc) is 2.62. The lowest BCUT2D eigenvalue weighted by Crippen LogP contribution is -2.50. The van der Waals surface area contributed by atoms with Crippen molar-refractivity contribution in [1.29, 1.82) is 0 Å². The Morgan fingerprint density at radius 3 is 2.27 bits per heavy atom. The van der Waals surface area contributed by atoms with E-state index in [4.69, 9.17) is 4.74 Å². The minimum Gasteiger partial charge on any atom is -0.494 e. The molecular weight excluding hydrogens is 358 g/mol. The summed E-state index contributed by atoms with van der Waals surface area (Å²) in [4.78, 5) is 24.8. The largest absolute Gasteiger partial charge is 0.494 e. The summed E-state index contributed by atoms with van der Waals surface area (Å²) in [5, 5.41) is 2.58. The fourth-order valence-electron chi connectivity index (χ4n) is 2.71. The van der Waals surface area contributed by atoms with Crippen molar-refractivity contribution in [2.24, 2.45) is 0 Å². The van der Waals surface area contributed by atoms with E-state index in [0.717, 1.165) is 0 Å². The Balaban J connectivity index is 1.91. The van der Waals surface area contributed by atoms with Gasteiger partial charge in [-0.2, -0.15) is 4.31 Å². The molecular formula is C17H25N3O5S.